The van der Waals surface area contributed by atoms with Crippen LogP contribution in [0, 0.1) is 5.92 Å². The quantitative estimate of drug-likeness (QED) is 0.450. The summed E-state index contributed by atoms with van der Waals surface area (Å²) in [4.78, 5) is 11.7. The monoisotopic (exact) mass is 466 g/mol. The molecule has 0 bridgehead atoms. The van der Waals surface area contributed by atoms with Crippen molar-refractivity contribution >= 4 is 17.6 Å². The fourth-order valence-corrected chi connectivity index (χ4v) is 3.58. The molecule has 1 N–H and O–H groups in total. The number of carboxylic acids is 1. The SMILES string of the molecule is O=C(O)[C@@H](CC1CC1)c1cc(Cl)c(-c2ccc(C(F)(F)F)cc2)c(OCC(F)(F)F)c1. The van der Waals surface area contributed by atoms with E-state index in [2.05, 4.69) is 0 Å². The molecule has 1 fully saturated rings. The number of carboxylic acid groups (broad SMARTS) is 1. The molecule has 31 heavy (non-hydrogen) atoms. The van der Waals surface area contributed by atoms with Crippen LogP contribution in [-0.2, 0) is 11.0 Å². The minimum Gasteiger partial charge on any atom is -0.483 e. The molecule has 0 heterocycles. The van der Waals surface area contributed by atoms with Crippen LogP contribution in [0.4, 0.5) is 26.3 Å². The minimum atomic E-state index is -4.68. The van der Waals surface area contributed by atoms with Crippen LogP contribution in [0.1, 0.15) is 36.3 Å². The van der Waals surface area contributed by atoms with E-state index in [4.69, 9.17) is 16.3 Å². The van der Waals surface area contributed by atoms with Gasteiger partial charge in [0.25, 0.3) is 0 Å². The van der Waals surface area contributed by atoms with Gasteiger partial charge < -0.3 is 9.84 Å². The Morgan fingerprint density at radius 2 is 1.71 bits per heavy atom. The highest BCUT2D eigenvalue weighted by Crippen LogP contribution is 2.44. The smallest absolute Gasteiger partial charge is 0.422 e. The van der Waals surface area contributed by atoms with Crippen molar-refractivity contribution in [2.45, 2.75) is 37.5 Å². The van der Waals surface area contributed by atoms with Crippen molar-refractivity contribution in [1.29, 1.82) is 0 Å². The summed E-state index contributed by atoms with van der Waals surface area (Å²) in [6, 6.07) is 6.19. The van der Waals surface area contributed by atoms with Crippen molar-refractivity contribution in [3.05, 3.63) is 52.5 Å². The Bertz CT molecular complexity index is 949. The normalized spacial score (nSPS) is 15.6. The van der Waals surface area contributed by atoms with E-state index in [1.54, 1.807) is 0 Å². The van der Waals surface area contributed by atoms with Gasteiger partial charge in [0.15, 0.2) is 6.61 Å². The third-order valence-corrected chi connectivity index (χ3v) is 5.23. The van der Waals surface area contributed by atoms with Crippen LogP contribution in [0.15, 0.2) is 36.4 Å². The van der Waals surface area contributed by atoms with Gasteiger partial charge in [0, 0.05) is 5.56 Å². The van der Waals surface area contributed by atoms with E-state index in [0.29, 0.717) is 6.42 Å². The first-order valence-electron chi connectivity index (χ1n) is 9.28. The molecule has 2 aromatic carbocycles. The van der Waals surface area contributed by atoms with E-state index in [9.17, 15) is 36.2 Å². The lowest BCUT2D eigenvalue weighted by molar-refractivity contribution is -0.153. The number of carbonyl (C=O) groups is 1. The molecule has 10 heteroatoms. The Balaban J connectivity index is 2.05. The van der Waals surface area contributed by atoms with Gasteiger partial charge in [0.05, 0.1) is 16.5 Å². The van der Waals surface area contributed by atoms with E-state index in [1.165, 1.54) is 12.1 Å². The second kappa shape index (κ2) is 8.61. The fraction of sp³-hybridized carbons (Fsp3) is 0.381. The molecule has 3 rings (SSSR count). The summed E-state index contributed by atoms with van der Waals surface area (Å²) in [7, 11) is 0. The molecule has 1 atom stereocenters. The van der Waals surface area contributed by atoms with Crippen LogP contribution >= 0.6 is 11.6 Å². The molecule has 0 aromatic heterocycles. The Morgan fingerprint density at radius 1 is 1.10 bits per heavy atom. The number of hydrogen-bond donors (Lipinski definition) is 1. The summed E-state index contributed by atoms with van der Waals surface area (Å²) in [6.45, 7) is -1.67. The molecular weight excluding hydrogens is 450 g/mol. The molecule has 1 saturated carbocycles. The third kappa shape index (κ3) is 6.06. The lowest BCUT2D eigenvalue weighted by Gasteiger charge is -2.19. The summed E-state index contributed by atoms with van der Waals surface area (Å²) >= 11 is 6.27. The van der Waals surface area contributed by atoms with Gasteiger partial charge in [-0.25, -0.2) is 0 Å². The van der Waals surface area contributed by atoms with Gasteiger partial charge in [-0.15, -0.1) is 0 Å². The van der Waals surface area contributed by atoms with Gasteiger partial charge in [-0.2, -0.15) is 26.3 Å². The van der Waals surface area contributed by atoms with Crippen LogP contribution in [-0.4, -0.2) is 23.9 Å². The number of alkyl halides is 6. The second-order valence-corrected chi connectivity index (χ2v) is 7.83. The van der Waals surface area contributed by atoms with Crippen molar-refractivity contribution in [2.75, 3.05) is 6.61 Å². The third-order valence-electron chi connectivity index (χ3n) is 4.94. The molecule has 0 radical (unpaired) electrons. The summed E-state index contributed by atoms with van der Waals surface area (Å²) in [5, 5.41) is 9.45. The summed E-state index contributed by atoms with van der Waals surface area (Å²) in [6.07, 6.45) is -7.21. The lowest BCUT2D eigenvalue weighted by atomic mass is 9.91. The van der Waals surface area contributed by atoms with E-state index >= 15 is 0 Å². The summed E-state index contributed by atoms with van der Waals surface area (Å²) in [5.74, 6) is -2.26. The molecule has 1 aliphatic carbocycles. The van der Waals surface area contributed by atoms with Gasteiger partial charge in [-0.1, -0.05) is 36.6 Å². The number of ether oxygens (including phenoxy) is 1. The standard InChI is InChI=1S/C21H17ClF6O3/c22-16-8-13(15(19(29)30)7-11-1-2-11)9-17(31-10-20(23,24)25)18(16)12-3-5-14(6-4-12)21(26,27)28/h3-6,8-9,11,15H,1-2,7,10H2,(H,29,30)/t15-/m0/s1. The van der Waals surface area contributed by atoms with Crippen molar-refractivity contribution in [1.82, 2.24) is 0 Å². The van der Waals surface area contributed by atoms with Crippen LogP contribution in [0.2, 0.25) is 5.02 Å². The van der Waals surface area contributed by atoms with Crippen LogP contribution in [0.3, 0.4) is 0 Å². The predicted molar refractivity (Wildman–Crippen MR) is 101 cm³/mol. The number of hydrogen-bond acceptors (Lipinski definition) is 2. The lowest BCUT2D eigenvalue weighted by Crippen LogP contribution is -2.20. The Hall–Kier alpha value is -2.42. The fourth-order valence-electron chi connectivity index (χ4n) is 3.25. The van der Waals surface area contributed by atoms with Crippen molar-refractivity contribution in [2.24, 2.45) is 5.92 Å². The molecule has 0 saturated heterocycles. The minimum absolute atomic E-state index is 0.0426. The molecule has 1 aliphatic rings. The number of benzene rings is 2. The zero-order valence-electron chi connectivity index (χ0n) is 15.9. The molecule has 0 unspecified atom stereocenters. The number of halogens is 7. The zero-order valence-corrected chi connectivity index (χ0v) is 16.6. The number of aliphatic carboxylic acids is 1. The average molecular weight is 467 g/mol. The second-order valence-electron chi connectivity index (χ2n) is 7.42. The first kappa shape index (κ1) is 23.2. The topological polar surface area (TPSA) is 46.5 Å². The maximum Gasteiger partial charge on any atom is 0.422 e. The van der Waals surface area contributed by atoms with Gasteiger partial charge in [-0.3, -0.25) is 4.79 Å². The van der Waals surface area contributed by atoms with E-state index in [-0.39, 0.29) is 33.4 Å². The van der Waals surface area contributed by atoms with Crippen molar-refractivity contribution in [3.63, 3.8) is 0 Å². The molecular formula is C21H17ClF6O3. The predicted octanol–water partition coefficient (Wildman–Crippen LogP) is 6.94. The average Bonchev–Trinajstić information content (AvgIpc) is 3.47. The van der Waals surface area contributed by atoms with Crippen molar-refractivity contribution < 1.29 is 41.0 Å². The molecule has 0 amide bonds. The Kier molecular flexibility index (Phi) is 6.45. The maximum absolute atomic E-state index is 12.8. The first-order chi connectivity index (χ1) is 14.3. The Morgan fingerprint density at radius 3 is 2.19 bits per heavy atom. The van der Waals surface area contributed by atoms with Gasteiger partial charge in [0.1, 0.15) is 5.75 Å². The van der Waals surface area contributed by atoms with Crippen molar-refractivity contribution in [3.8, 4) is 16.9 Å². The Labute approximate surface area is 178 Å². The largest absolute Gasteiger partial charge is 0.483 e. The molecule has 0 spiro atoms. The number of rotatable bonds is 7. The van der Waals surface area contributed by atoms with E-state index < -0.39 is 36.4 Å². The first-order valence-corrected chi connectivity index (χ1v) is 9.66. The molecule has 0 aliphatic heterocycles. The van der Waals surface area contributed by atoms with Gasteiger partial charge in [0.2, 0.25) is 0 Å². The highest BCUT2D eigenvalue weighted by atomic mass is 35.5. The highest BCUT2D eigenvalue weighted by Gasteiger charge is 2.33. The highest BCUT2D eigenvalue weighted by molar-refractivity contribution is 6.33. The summed E-state index contributed by atoms with van der Waals surface area (Å²) in [5.41, 5.74) is -0.691. The maximum atomic E-state index is 12.8. The zero-order chi connectivity index (χ0) is 23.0. The molecule has 2 aromatic rings. The summed E-state index contributed by atoms with van der Waals surface area (Å²) < 4.78 is 81.6. The van der Waals surface area contributed by atoms with Crippen LogP contribution < -0.4 is 4.74 Å². The van der Waals surface area contributed by atoms with E-state index in [1.807, 2.05) is 0 Å². The van der Waals surface area contributed by atoms with E-state index in [0.717, 1.165) is 37.1 Å². The van der Waals surface area contributed by atoms with Crippen LogP contribution in [0.25, 0.3) is 11.1 Å². The molecule has 168 valence electrons. The molecule has 3 nitrogen and oxygen atoms in total. The van der Waals surface area contributed by atoms with Gasteiger partial charge >= 0.3 is 18.3 Å². The van der Waals surface area contributed by atoms with Crippen LogP contribution in [0.5, 0.6) is 5.75 Å². The van der Waals surface area contributed by atoms with Gasteiger partial charge in [-0.05, 0) is 47.7 Å².